The fourth-order valence-electron chi connectivity index (χ4n) is 11.7. The fraction of sp³-hybridized carbons (Fsp3) is 0.0141. The van der Waals surface area contributed by atoms with Crippen LogP contribution in [0.4, 0.5) is 17.1 Å². The second-order valence-corrected chi connectivity index (χ2v) is 20.3. The Hall–Kier alpha value is -9.08. The Balaban J connectivity index is 0.850. The Morgan fingerprint density at radius 3 is 1.41 bits per heavy atom. The molecular formula is C71H47NS. The predicted molar refractivity (Wildman–Crippen MR) is 311 cm³/mol. The van der Waals surface area contributed by atoms with Crippen LogP contribution in [0.5, 0.6) is 0 Å². The van der Waals surface area contributed by atoms with Gasteiger partial charge in [0, 0.05) is 37.2 Å². The van der Waals surface area contributed by atoms with E-state index >= 15 is 0 Å². The van der Waals surface area contributed by atoms with E-state index in [1.54, 1.807) is 0 Å². The van der Waals surface area contributed by atoms with Crippen LogP contribution in [-0.4, -0.2) is 0 Å². The molecule has 73 heavy (non-hydrogen) atoms. The summed E-state index contributed by atoms with van der Waals surface area (Å²) >= 11 is 1.86. The number of fused-ring (bicyclic) bond motifs is 7. The lowest BCUT2D eigenvalue weighted by Gasteiger charge is -2.34. The van der Waals surface area contributed by atoms with Gasteiger partial charge in [0.15, 0.2) is 0 Å². The van der Waals surface area contributed by atoms with Gasteiger partial charge in [0.2, 0.25) is 0 Å². The van der Waals surface area contributed by atoms with Gasteiger partial charge in [-0.1, -0.05) is 218 Å². The predicted octanol–water partition coefficient (Wildman–Crippen LogP) is 19.7. The molecular weight excluding hydrogens is 899 g/mol. The standard InChI is InChI=1S/C71H47NS/c1-3-19-56(20-4-1)71(57-21-5-2-6-22-57)67-27-11-9-24-63(67)64-43-35-54(47-68(64)71)50-33-41-60(42-34-50)72(59-39-31-49(32-40-59)53-36-44-70-66(46-53)65-25-10-12-28-69(65)73-70)58-37-29-48(30-38-58)52-17-13-18-55(45-52)62-26-14-16-51-15-7-8-23-61(51)62/h1-47H. The summed E-state index contributed by atoms with van der Waals surface area (Å²) in [6.07, 6.45) is 0. The number of anilines is 3. The average molecular weight is 946 g/mol. The van der Waals surface area contributed by atoms with Crippen LogP contribution in [0.2, 0.25) is 0 Å². The van der Waals surface area contributed by atoms with Crippen molar-refractivity contribution in [3.05, 3.63) is 307 Å². The minimum atomic E-state index is -0.458. The molecule has 1 aromatic heterocycles. The molecule has 342 valence electrons. The summed E-state index contributed by atoms with van der Waals surface area (Å²) in [5.74, 6) is 0. The lowest BCUT2D eigenvalue weighted by Crippen LogP contribution is -2.28. The van der Waals surface area contributed by atoms with Crippen LogP contribution in [0.15, 0.2) is 285 Å². The summed E-state index contributed by atoms with van der Waals surface area (Å²) in [6.45, 7) is 0. The number of thiophene rings is 1. The van der Waals surface area contributed by atoms with Crippen LogP contribution in [-0.2, 0) is 5.41 Å². The van der Waals surface area contributed by atoms with Gasteiger partial charge in [0.25, 0.3) is 0 Å². The molecule has 0 fully saturated rings. The summed E-state index contributed by atoms with van der Waals surface area (Å²) in [6, 6.07) is 105. The molecule has 0 bridgehead atoms. The minimum Gasteiger partial charge on any atom is -0.311 e. The van der Waals surface area contributed by atoms with E-state index in [2.05, 4.69) is 290 Å². The van der Waals surface area contributed by atoms with Gasteiger partial charge in [-0.15, -0.1) is 11.3 Å². The summed E-state index contributed by atoms with van der Waals surface area (Å²) in [4.78, 5) is 2.38. The third-order valence-electron chi connectivity index (χ3n) is 15.2. The Bertz CT molecular complexity index is 4130. The molecule has 0 saturated heterocycles. The lowest BCUT2D eigenvalue weighted by atomic mass is 9.67. The third-order valence-corrected chi connectivity index (χ3v) is 16.3. The van der Waals surface area contributed by atoms with Crippen molar-refractivity contribution in [1.82, 2.24) is 0 Å². The second kappa shape index (κ2) is 17.6. The van der Waals surface area contributed by atoms with Crippen LogP contribution in [0.3, 0.4) is 0 Å². The van der Waals surface area contributed by atoms with Crippen molar-refractivity contribution in [2.75, 3.05) is 4.90 Å². The highest BCUT2D eigenvalue weighted by molar-refractivity contribution is 7.25. The first kappa shape index (κ1) is 42.8. The highest BCUT2D eigenvalue weighted by Crippen LogP contribution is 2.57. The van der Waals surface area contributed by atoms with Gasteiger partial charge >= 0.3 is 0 Å². The quantitative estimate of drug-likeness (QED) is 0.139. The molecule has 0 aliphatic heterocycles. The number of nitrogens with zero attached hydrogens (tertiary/aromatic N) is 1. The monoisotopic (exact) mass is 945 g/mol. The summed E-state index contributed by atoms with van der Waals surface area (Å²) < 4.78 is 2.64. The van der Waals surface area contributed by atoms with Gasteiger partial charge in [0.05, 0.1) is 5.41 Å². The molecule has 0 saturated carbocycles. The molecule has 0 unspecified atom stereocenters. The van der Waals surface area contributed by atoms with E-state index in [4.69, 9.17) is 0 Å². The Morgan fingerprint density at radius 1 is 0.260 bits per heavy atom. The zero-order chi connectivity index (χ0) is 48.3. The van der Waals surface area contributed by atoms with Gasteiger partial charge in [-0.3, -0.25) is 0 Å². The van der Waals surface area contributed by atoms with E-state index in [9.17, 15) is 0 Å². The van der Waals surface area contributed by atoms with Gasteiger partial charge in [-0.2, -0.15) is 0 Å². The summed E-state index contributed by atoms with van der Waals surface area (Å²) in [5.41, 5.74) is 20.1. The SMILES string of the molecule is c1ccc(C2(c3ccccc3)c3ccccc3-c3ccc(-c4ccc(N(c5ccc(-c6cccc(-c7cccc8ccccc78)c6)cc5)c5ccc(-c6ccc7sc8ccccc8c7c6)cc5)cc4)cc32)cc1. The first-order valence-corrected chi connectivity index (χ1v) is 26.0. The topological polar surface area (TPSA) is 3.24 Å². The highest BCUT2D eigenvalue weighted by atomic mass is 32.1. The van der Waals surface area contributed by atoms with E-state index in [0.29, 0.717) is 0 Å². The zero-order valence-corrected chi connectivity index (χ0v) is 40.8. The first-order chi connectivity index (χ1) is 36.2. The van der Waals surface area contributed by atoms with Gasteiger partial charge in [0.1, 0.15) is 0 Å². The van der Waals surface area contributed by atoms with Crippen molar-refractivity contribution in [2.45, 2.75) is 5.41 Å². The Kier molecular flexibility index (Phi) is 10.3. The van der Waals surface area contributed by atoms with E-state index in [1.165, 1.54) is 109 Å². The molecule has 0 atom stereocenters. The van der Waals surface area contributed by atoms with Crippen LogP contribution in [0.25, 0.3) is 86.6 Å². The molecule has 1 nitrogen and oxygen atoms in total. The highest BCUT2D eigenvalue weighted by Gasteiger charge is 2.46. The van der Waals surface area contributed by atoms with Crippen LogP contribution in [0, 0.1) is 0 Å². The van der Waals surface area contributed by atoms with Gasteiger partial charge in [-0.25, -0.2) is 0 Å². The molecule has 0 radical (unpaired) electrons. The summed E-state index contributed by atoms with van der Waals surface area (Å²) in [5, 5.41) is 5.14. The van der Waals surface area contributed by atoms with E-state index in [1.807, 2.05) is 11.3 Å². The maximum absolute atomic E-state index is 2.45. The number of hydrogen-bond donors (Lipinski definition) is 0. The molecule has 12 aromatic carbocycles. The van der Waals surface area contributed by atoms with Crippen molar-refractivity contribution in [1.29, 1.82) is 0 Å². The maximum Gasteiger partial charge on any atom is 0.0713 e. The van der Waals surface area contributed by atoms with E-state index in [-0.39, 0.29) is 0 Å². The molecule has 0 amide bonds. The van der Waals surface area contributed by atoms with Gasteiger partial charge < -0.3 is 4.90 Å². The van der Waals surface area contributed by atoms with E-state index in [0.717, 1.165) is 17.1 Å². The molecule has 2 heteroatoms. The van der Waals surface area contributed by atoms with Crippen molar-refractivity contribution in [3.8, 4) is 55.6 Å². The summed E-state index contributed by atoms with van der Waals surface area (Å²) in [7, 11) is 0. The van der Waals surface area contributed by atoms with E-state index < -0.39 is 5.41 Å². The molecule has 1 aliphatic carbocycles. The molecule has 14 rings (SSSR count). The zero-order valence-electron chi connectivity index (χ0n) is 40.0. The Morgan fingerprint density at radius 2 is 0.726 bits per heavy atom. The molecule has 1 heterocycles. The van der Waals surface area contributed by atoms with Crippen LogP contribution in [0.1, 0.15) is 22.3 Å². The minimum absolute atomic E-state index is 0.458. The first-order valence-electron chi connectivity index (χ1n) is 25.1. The Labute approximate surface area is 430 Å². The largest absolute Gasteiger partial charge is 0.311 e. The normalized spacial score (nSPS) is 12.5. The fourth-order valence-corrected chi connectivity index (χ4v) is 12.8. The average Bonchev–Trinajstić information content (AvgIpc) is 3.99. The molecule has 13 aromatic rings. The maximum atomic E-state index is 2.45. The van der Waals surface area contributed by atoms with Crippen molar-refractivity contribution in [2.24, 2.45) is 0 Å². The van der Waals surface area contributed by atoms with Crippen LogP contribution < -0.4 is 4.90 Å². The lowest BCUT2D eigenvalue weighted by molar-refractivity contribution is 0.769. The number of rotatable bonds is 9. The van der Waals surface area contributed by atoms with Crippen LogP contribution >= 0.6 is 11.3 Å². The van der Waals surface area contributed by atoms with Crippen molar-refractivity contribution >= 4 is 59.3 Å². The second-order valence-electron chi connectivity index (χ2n) is 19.2. The van der Waals surface area contributed by atoms with Crippen molar-refractivity contribution in [3.63, 3.8) is 0 Å². The third kappa shape index (κ3) is 7.21. The molecule has 1 aliphatic rings. The van der Waals surface area contributed by atoms with Crippen molar-refractivity contribution < 1.29 is 0 Å². The van der Waals surface area contributed by atoms with Gasteiger partial charge in [-0.05, 0) is 155 Å². The molecule has 0 spiro atoms. The number of benzene rings is 12. The molecule has 0 N–H and O–H groups in total. The number of hydrogen-bond acceptors (Lipinski definition) is 2. The smallest absolute Gasteiger partial charge is 0.0713 e.